The van der Waals surface area contributed by atoms with Crippen LogP contribution >= 0.6 is 0 Å². The van der Waals surface area contributed by atoms with Gasteiger partial charge in [0.05, 0.1) is 12.0 Å². The zero-order chi connectivity index (χ0) is 16.4. The van der Waals surface area contributed by atoms with Crippen molar-refractivity contribution in [1.82, 2.24) is 4.90 Å². The predicted octanol–water partition coefficient (Wildman–Crippen LogP) is 2.18. The van der Waals surface area contributed by atoms with Crippen molar-refractivity contribution in [2.45, 2.75) is 37.3 Å². The highest BCUT2D eigenvalue weighted by Gasteiger charge is 2.56. The number of anilines is 1. The summed E-state index contributed by atoms with van der Waals surface area (Å²) in [7, 11) is 1.44. The number of rotatable bonds is 5. The number of ether oxygens (including phenoxy) is 1. The Balaban J connectivity index is 1.57. The molecular formula is C16H21N3O4. The van der Waals surface area contributed by atoms with E-state index in [0.29, 0.717) is 0 Å². The summed E-state index contributed by atoms with van der Waals surface area (Å²) in [6.45, 7) is 1.67. The summed E-state index contributed by atoms with van der Waals surface area (Å²) in [6.07, 6.45) is 3.56. The van der Waals surface area contributed by atoms with E-state index in [-0.39, 0.29) is 28.2 Å². The summed E-state index contributed by atoms with van der Waals surface area (Å²) in [6, 6.07) is 6.84. The summed E-state index contributed by atoms with van der Waals surface area (Å²) in [5, 5.41) is 14.2. The minimum Gasteiger partial charge on any atom is -0.468 e. The van der Waals surface area contributed by atoms with Crippen LogP contribution in [-0.4, -0.2) is 47.6 Å². The number of piperidine rings is 1. The van der Waals surface area contributed by atoms with Gasteiger partial charge in [0.1, 0.15) is 5.54 Å². The Morgan fingerprint density at radius 3 is 2.65 bits per heavy atom. The second-order valence-electron chi connectivity index (χ2n) is 6.24. The first-order valence-electron chi connectivity index (χ1n) is 7.89. The van der Waals surface area contributed by atoms with E-state index in [1.165, 1.54) is 13.2 Å². The lowest BCUT2D eigenvalue weighted by Crippen LogP contribution is -2.50. The fraction of sp³-hybridized carbons (Fsp3) is 0.562. The molecule has 0 amide bonds. The van der Waals surface area contributed by atoms with Crippen molar-refractivity contribution in [3.63, 3.8) is 0 Å². The first-order valence-corrected chi connectivity index (χ1v) is 7.89. The van der Waals surface area contributed by atoms with Gasteiger partial charge in [0.2, 0.25) is 0 Å². The fourth-order valence-corrected chi connectivity index (χ4v) is 3.35. The van der Waals surface area contributed by atoms with Crippen molar-refractivity contribution in [1.29, 1.82) is 0 Å². The number of nitro groups is 1. The predicted molar refractivity (Wildman–Crippen MR) is 85.3 cm³/mol. The van der Waals surface area contributed by atoms with Crippen molar-refractivity contribution in [3.8, 4) is 0 Å². The Kier molecular flexibility index (Phi) is 4.21. The Hall–Kier alpha value is -2.15. The van der Waals surface area contributed by atoms with Gasteiger partial charge in [0.15, 0.2) is 0 Å². The van der Waals surface area contributed by atoms with Crippen molar-refractivity contribution in [2.24, 2.45) is 0 Å². The van der Waals surface area contributed by atoms with E-state index in [1.54, 1.807) is 12.1 Å². The number of non-ortho nitro benzene ring substituents is 1. The average Bonchev–Trinajstić information content (AvgIpc) is 3.37. The lowest BCUT2D eigenvalue weighted by Gasteiger charge is -2.37. The molecular weight excluding hydrogens is 298 g/mol. The van der Waals surface area contributed by atoms with Gasteiger partial charge in [-0.25, -0.2) is 0 Å². The molecule has 1 aromatic rings. The maximum Gasteiger partial charge on any atom is 0.326 e. The molecule has 1 aromatic carbocycles. The van der Waals surface area contributed by atoms with Gasteiger partial charge < -0.3 is 10.1 Å². The van der Waals surface area contributed by atoms with Crippen LogP contribution in [0.4, 0.5) is 11.4 Å². The van der Waals surface area contributed by atoms with Crippen LogP contribution in [0.25, 0.3) is 0 Å². The van der Waals surface area contributed by atoms with Gasteiger partial charge in [-0.3, -0.25) is 19.8 Å². The molecule has 0 aromatic heterocycles. The van der Waals surface area contributed by atoms with Gasteiger partial charge in [-0.2, -0.15) is 0 Å². The number of hydrogen-bond acceptors (Lipinski definition) is 6. The maximum atomic E-state index is 11.9. The highest BCUT2D eigenvalue weighted by molar-refractivity contribution is 5.84. The molecule has 0 unspecified atom stereocenters. The molecule has 2 aliphatic rings. The van der Waals surface area contributed by atoms with Crippen LogP contribution < -0.4 is 5.32 Å². The first-order chi connectivity index (χ1) is 11.0. The van der Waals surface area contributed by atoms with Crippen molar-refractivity contribution >= 4 is 17.3 Å². The zero-order valence-electron chi connectivity index (χ0n) is 13.2. The fourth-order valence-electron chi connectivity index (χ4n) is 3.35. The van der Waals surface area contributed by atoms with Crippen LogP contribution in [0.15, 0.2) is 24.3 Å². The molecule has 0 radical (unpaired) electrons. The molecule has 124 valence electrons. The average molecular weight is 319 g/mol. The molecule has 0 spiro atoms. The molecule has 1 saturated heterocycles. The van der Waals surface area contributed by atoms with E-state index < -0.39 is 0 Å². The van der Waals surface area contributed by atoms with E-state index in [1.807, 2.05) is 6.07 Å². The van der Waals surface area contributed by atoms with Crippen LogP contribution in [0.5, 0.6) is 0 Å². The summed E-state index contributed by atoms with van der Waals surface area (Å²) in [4.78, 5) is 24.6. The number of nitrogens with zero attached hydrogens (tertiary/aromatic N) is 2. The van der Waals surface area contributed by atoms with Crippen LogP contribution in [0.2, 0.25) is 0 Å². The van der Waals surface area contributed by atoms with Crippen LogP contribution in [0, 0.1) is 10.1 Å². The van der Waals surface area contributed by atoms with E-state index in [2.05, 4.69) is 10.2 Å². The minimum absolute atomic E-state index is 0.0926. The summed E-state index contributed by atoms with van der Waals surface area (Å²) in [5.74, 6) is -0.123. The van der Waals surface area contributed by atoms with E-state index in [9.17, 15) is 14.9 Å². The van der Waals surface area contributed by atoms with Crippen LogP contribution in [0.1, 0.15) is 25.7 Å². The Morgan fingerprint density at radius 1 is 1.39 bits per heavy atom. The quantitative estimate of drug-likeness (QED) is 0.509. The Bertz CT molecular complexity index is 607. The number of likely N-dealkylation sites (tertiary alicyclic amines) is 1. The molecule has 7 nitrogen and oxygen atoms in total. The maximum absolute atomic E-state index is 11.9. The number of nitrogens with one attached hydrogen (secondary N) is 1. The summed E-state index contributed by atoms with van der Waals surface area (Å²) >= 11 is 0. The topological polar surface area (TPSA) is 84.7 Å². The third kappa shape index (κ3) is 3.14. The van der Waals surface area contributed by atoms with Crippen LogP contribution in [-0.2, 0) is 9.53 Å². The second kappa shape index (κ2) is 6.16. The number of esters is 1. The summed E-state index contributed by atoms with van der Waals surface area (Å²) in [5.41, 5.74) is 0.479. The number of carbonyl (C=O) groups excluding carboxylic acids is 1. The molecule has 0 atom stereocenters. The molecule has 7 heteroatoms. The first kappa shape index (κ1) is 15.7. The van der Waals surface area contributed by atoms with Crippen LogP contribution in [0.3, 0.4) is 0 Å². The van der Waals surface area contributed by atoms with Crippen molar-refractivity contribution in [3.05, 3.63) is 34.4 Å². The number of carbonyl (C=O) groups is 1. The number of benzene rings is 1. The highest BCUT2D eigenvalue weighted by Crippen LogP contribution is 2.44. The smallest absolute Gasteiger partial charge is 0.326 e. The number of nitro benzene ring substituents is 1. The van der Waals surface area contributed by atoms with Gasteiger partial charge in [-0.15, -0.1) is 0 Å². The van der Waals surface area contributed by atoms with E-state index in [0.717, 1.165) is 44.5 Å². The highest BCUT2D eigenvalue weighted by atomic mass is 16.6. The molecule has 1 aliphatic heterocycles. The van der Waals surface area contributed by atoms with E-state index in [4.69, 9.17) is 4.74 Å². The number of hydrogen-bond donors (Lipinski definition) is 1. The van der Waals surface area contributed by atoms with Gasteiger partial charge in [0, 0.05) is 37.0 Å². The van der Waals surface area contributed by atoms with Gasteiger partial charge in [0.25, 0.3) is 5.69 Å². The third-order valence-electron chi connectivity index (χ3n) is 4.82. The Labute approximate surface area is 134 Å². The minimum atomic E-state index is -0.388. The lowest BCUT2D eigenvalue weighted by molar-refractivity contribution is -0.384. The largest absolute Gasteiger partial charge is 0.468 e. The number of methoxy groups -OCH3 is 1. The molecule has 1 heterocycles. The van der Waals surface area contributed by atoms with Gasteiger partial charge in [-0.05, 0) is 31.7 Å². The van der Waals surface area contributed by atoms with Gasteiger partial charge >= 0.3 is 5.97 Å². The van der Waals surface area contributed by atoms with Gasteiger partial charge in [-0.1, -0.05) is 6.07 Å². The molecule has 23 heavy (non-hydrogen) atoms. The SMILES string of the molecule is COC(=O)C1(N2CCC(Nc3cccc([N+](=O)[O-])c3)CC2)CC1. The second-order valence-corrected chi connectivity index (χ2v) is 6.24. The van der Waals surface area contributed by atoms with E-state index >= 15 is 0 Å². The monoisotopic (exact) mass is 319 g/mol. The summed E-state index contributed by atoms with van der Waals surface area (Å²) < 4.78 is 4.93. The normalized spacial score (nSPS) is 20.7. The Morgan fingerprint density at radius 2 is 2.09 bits per heavy atom. The molecule has 0 bridgehead atoms. The zero-order valence-corrected chi connectivity index (χ0v) is 13.2. The lowest BCUT2D eigenvalue weighted by atomic mass is 10.0. The molecule has 2 fully saturated rings. The molecule has 3 rings (SSSR count). The molecule has 1 N–H and O–H groups in total. The van der Waals surface area contributed by atoms with Crippen molar-refractivity contribution < 1.29 is 14.5 Å². The standard InChI is InChI=1S/C16H21N3O4/c1-23-15(20)16(7-8-16)18-9-5-12(6-10-18)17-13-3-2-4-14(11-13)19(21)22/h2-4,11-12,17H,5-10H2,1H3. The van der Waals surface area contributed by atoms with Crippen molar-refractivity contribution in [2.75, 3.05) is 25.5 Å². The molecule has 1 saturated carbocycles. The molecule has 1 aliphatic carbocycles. The third-order valence-corrected chi connectivity index (χ3v) is 4.82.